The second-order valence-electron chi connectivity index (χ2n) is 6.49. The lowest BCUT2D eigenvalue weighted by Gasteiger charge is -2.12. The number of pyridine rings is 1. The molecule has 1 aliphatic carbocycles. The largest absolute Gasteiger partial charge is 0.455 e. The summed E-state index contributed by atoms with van der Waals surface area (Å²) >= 11 is 0. The molecule has 1 saturated carbocycles. The predicted octanol–water partition coefficient (Wildman–Crippen LogP) is 4.71. The average Bonchev–Trinajstić information content (AvgIpc) is 3.53. The highest BCUT2D eigenvalue weighted by Gasteiger charge is 2.23. The molecule has 0 bridgehead atoms. The zero-order valence-corrected chi connectivity index (χ0v) is 14.4. The zero-order valence-electron chi connectivity index (χ0n) is 14.4. The van der Waals surface area contributed by atoms with Crippen molar-refractivity contribution in [3.05, 3.63) is 78.5 Å². The lowest BCUT2D eigenvalue weighted by molar-refractivity contribution is -0.116. The first-order valence-electron chi connectivity index (χ1n) is 8.79. The molecule has 1 aromatic heterocycles. The summed E-state index contributed by atoms with van der Waals surface area (Å²) in [4.78, 5) is 15.9. The van der Waals surface area contributed by atoms with Crippen molar-refractivity contribution in [3.63, 3.8) is 0 Å². The molecule has 26 heavy (non-hydrogen) atoms. The molecular formula is C22H20N2O2. The Kier molecular flexibility index (Phi) is 4.40. The van der Waals surface area contributed by atoms with Crippen molar-refractivity contribution in [2.45, 2.75) is 25.3 Å². The van der Waals surface area contributed by atoms with E-state index in [4.69, 9.17) is 4.74 Å². The van der Waals surface area contributed by atoms with E-state index in [2.05, 4.69) is 29.0 Å². The maximum absolute atomic E-state index is 11.4. The number of aromatic nitrogens is 1. The fourth-order valence-electron chi connectivity index (χ4n) is 3.05. The van der Waals surface area contributed by atoms with Crippen LogP contribution in [0.15, 0.2) is 67.4 Å². The number of ether oxygens (including phenoxy) is 1. The summed E-state index contributed by atoms with van der Waals surface area (Å²) in [6, 6.07) is 16.0. The van der Waals surface area contributed by atoms with Gasteiger partial charge in [-0.2, -0.15) is 0 Å². The first kappa shape index (κ1) is 16.3. The van der Waals surface area contributed by atoms with E-state index < -0.39 is 0 Å². The first-order chi connectivity index (χ1) is 12.7. The highest BCUT2D eigenvalue weighted by atomic mass is 16.5. The average molecular weight is 344 g/mol. The minimum Gasteiger partial charge on any atom is -0.455 e. The third-order valence-electron chi connectivity index (χ3n) is 4.62. The van der Waals surface area contributed by atoms with Crippen LogP contribution in [0.25, 0.3) is 10.9 Å². The van der Waals surface area contributed by atoms with Gasteiger partial charge >= 0.3 is 0 Å². The van der Waals surface area contributed by atoms with Gasteiger partial charge in [0.25, 0.3) is 0 Å². The Balaban J connectivity index is 1.60. The number of nitrogens with zero attached hydrogens (tertiary/aromatic N) is 1. The highest BCUT2D eigenvalue weighted by molar-refractivity contribution is 5.89. The smallest absolute Gasteiger partial charge is 0.243 e. The molecule has 1 fully saturated rings. The van der Waals surface area contributed by atoms with Crippen molar-refractivity contribution in [2.24, 2.45) is 0 Å². The Hall–Kier alpha value is -3.14. The molecule has 0 atom stereocenters. The molecule has 0 radical (unpaired) electrons. The Morgan fingerprint density at radius 1 is 1.19 bits per heavy atom. The normalized spacial score (nSPS) is 13.4. The molecule has 0 spiro atoms. The van der Waals surface area contributed by atoms with Crippen LogP contribution in [-0.4, -0.2) is 10.9 Å². The standard InChI is InChI=1S/C22H20N2O2/c1-2-21(25)24-14-17-9-12-20(22-19(17)4-3-13-23-22)26-18-10-7-16(8-11-18)15-5-6-15/h2-4,7-13,15H,1,5-6,14H2,(H,24,25). The molecular weight excluding hydrogens is 324 g/mol. The number of amides is 1. The summed E-state index contributed by atoms with van der Waals surface area (Å²) in [5.41, 5.74) is 3.15. The van der Waals surface area contributed by atoms with Crippen LogP contribution in [0.5, 0.6) is 11.5 Å². The monoisotopic (exact) mass is 344 g/mol. The third kappa shape index (κ3) is 3.45. The van der Waals surface area contributed by atoms with Gasteiger partial charge in [-0.15, -0.1) is 0 Å². The Labute approximate surface area is 152 Å². The summed E-state index contributed by atoms with van der Waals surface area (Å²) in [6.45, 7) is 3.89. The molecule has 1 N–H and O–H groups in total. The molecule has 1 heterocycles. The summed E-state index contributed by atoms with van der Waals surface area (Å²) in [7, 11) is 0. The number of carbonyl (C=O) groups is 1. The third-order valence-corrected chi connectivity index (χ3v) is 4.62. The molecule has 1 aliphatic rings. The van der Waals surface area contributed by atoms with Gasteiger partial charge in [0.05, 0.1) is 0 Å². The van der Waals surface area contributed by atoms with Crippen LogP contribution in [0.4, 0.5) is 0 Å². The molecule has 0 aliphatic heterocycles. The molecule has 3 aromatic rings. The molecule has 4 nitrogen and oxygen atoms in total. The van der Waals surface area contributed by atoms with Crippen molar-refractivity contribution in [3.8, 4) is 11.5 Å². The van der Waals surface area contributed by atoms with Gasteiger partial charge < -0.3 is 10.1 Å². The molecule has 0 unspecified atom stereocenters. The van der Waals surface area contributed by atoms with Gasteiger partial charge in [0.1, 0.15) is 11.3 Å². The van der Waals surface area contributed by atoms with E-state index in [-0.39, 0.29) is 5.91 Å². The lowest BCUT2D eigenvalue weighted by Crippen LogP contribution is -2.20. The number of nitrogens with one attached hydrogen (secondary N) is 1. The van der Waals surface area contributed by atoms with Gasteiger partial charge in [-0.05, 0) is 60.2 Å². The van der Waals surface area contributed by atoms with Crippen molar-refractivity contribution >= 4 is 16.8 Å². The second kappa shape index (κ2) is 7.00. The summed E-state index contributed by atoms with van der Waals surface area (Å²) in [5.74, 6) is 2.04. The topological polar surface area (TPSA) is 51.2 Å². The zero-order chi connectivity index (χ0) is 17.9. The minimum atomic E-state index is -0.196. The molecule has 130 valence electrons. The molecule has 2 aromatic carbocycles. The van der Waals surface area contributed by atoms with Gasteiger partial charge in [0, 0.05) is 18.1 Å². The van der Waals surface area contributed by atoms with Crippen LogP contribution in [0.3, 0.4) is 0 Å². The molecule has 1 amide bonds. The lowest BCUT2D eigenvalue weighted by atomic mass is 10.1. The SMILES string of the molecule is C=CC(=O)NCc1ccc(Oc2ccc(C3CC3)cc2)c2ncccc12. The van der Waals surface area contributed by atoms with Gasteiger partial charge in [-0.3, -0.25) is 9.78 Å². The number of hydrogen-bond acceptors (Lipinski definition) is 3. The van der Waals surface area contributed by atoms with E-state index in [0.29, 0.717) is 12.3 Å². The fourth-order valence-corrected chi connectivity index (χ4v) is 3.05. The Morgan fingerprint density at radius 2 is 2.00 bits per heavy atom. The van der Waals surface area contributed by atoms with E-state index in [1.54, 1.807) is 6.20 Å². The predicted molar refractivity (Wildman–Crippen MR) is 102 cm³/mol. The first-order valence-corrected chi connectivity index (χ1v) is 8.79. The summed E-state index contributed by atoms with van der Waals surface area (Å²) < 4.78 is 6.08. The van der Waals surface area contributed by atoms with E-state index in [1.165, 1.54) is 24.5 Å². The quantitative estimate of drug-likeness (QED) is 0.659. The maximum atomic E-state index is 11.4. The fraction of sp³-hybridized carbons (Fsp3) is 0.182. The highest BCUT2D eigenvalue weighted by Crippen LogP contribution is 2.40. The van der Waals surface area contributed by atoms with Crippen molar-refractivity contribution in [1.82, 2.24) is 10.3 Å². The van der Waals surface area contributed by atoms with E-state index in [0.717, 1.165) is 28.1 Å². The maximum Gasteiger partial charge on any atom is 0.243 e. The van der Waals surface area contributed by atoms with Gasteiger partial charge in [-0.25, -0.2) is 0 Å². The molecule has 4 heteroatoms. The minimum absolute atomic E-state index is 0.196. The van der Waals surface area contributed by atoms with Gasteiger partial charge in [-0.1, -0.05) is 30.8 Å². The number of benzene rings is 2. The second-order valence-corrected chi connectivity index (χ2v) is 6.49. The number of rotatable bonds is 6. The van der Waals surface area contributed by atoms with Crippen molar-refractivity contribution in [1.29, 1.82) is 0 Å². The summed E-state index contributed by atoms with van der Waals surface area (Å²) in [5, 5.41) is 3.77. The summed E-state index contributed by atoms with van der Waals surface area (Å²) in [6.07, 6.45) is 5.60. The number of carbonyl (C=O) groups excluding carboxylic acids is 1. The number of hydrogen-bond donors (Lipinski definition) is 1. The van der Waals surface area contributed by atoms with Crippen LogP contribution in [0.2, 0.25) is 0 Å². The van der Waals surface area contributed by atoms with Crippen LogP contribution in [-0.2, 0) is 11.3 Å². The van der Waals surface area contributed by atoms with E-state index >= 15 is 0 Å². The van der Waals surface area contributed by atoms with Crippen LogP contribution >= 0.6 is 0 Å². The number of fused-ring (bicyclic) bond motifs is 1. The van der Waals surface area contributed by atoms with E-state index in [9.17, 15) is 4.79 Å². The van der Waals surface area contributed by atoms with Gasteiger partial charge in [0.2, 0.25) is 5.91 Å². The van der Waals surface area contributed by atoms with Crippen LogP contribution in [0, 0.1) is 0 Å². The van der Waals surface area contributed by atoms with Crippen molar-refractivity contribution < 1.29 is 9.53 Å². The molecule has 4 rings (SSSR count). The van der Waals surface area contributed by atoms with Crippen molar-refractivity contribution in [2.75, 3.05) is 0 Å². The Morgan fingerprint density at radius 3 is 2.73 bits per heavy atom. The van der Waals surface area contributed by atoms with Crippen LogP contribution < -0.4 is 10.1 Å². The Bertz CT molecular complexity index is 960. The molecule has 0 saturated heterocycles. The van der Waals surface area contributed by atoms with E-state index in [1.807, 2.05) is 36.4 Å². The van der Waals surface area contributed by atoms with Gasteiger partial charge in [0.15, 0.2) is 5.75 Å². The van der Waals surface area contributed by atoms with Crippen LogP contribution in [0.1, 0.15) is 29.9 Å².